The summed E-state index contributed by atoms with van der Waals surface area (Å²) in [6.45, 7) is -5.96. The van der Waals surface area contributed by atoms with E-state index in [1.165, 1.54) is 38.1 Å². The molecule has 2 aliphatic heterocycles. The first-order valence-electron chi connectivity index (χ1n) is 14.0. The monoisotopic (exact) mass is 702 g/mol. The van der Waals surface area contributed by atoms with Gasteiger partial charge in [0.25, 0.3) is 0 Å². The van der Waals surface area contributed by atoms with Crippen LogP contribution in [0.2, 0.25) is 0 Å². The Kier molecular flexibility index (Phi) is 9.14. The van der Waals surface area contributed by atoms with Gasteiger partial charge in [0.05, 0.1) is 31.7 Å². The van der Waals surface area contributed by atoms with Crippen LogP contribution in [-0.2, 0) is 0 Å². The lowest BCUT2D eigenvalue weighted by atomic mass is 9.82. The van der Waals surface area contributed by atoms with Gasteiger partial charge in [-0.15, -0.1) is 0 Å². The first kappa shape index (κ1) is 31.1. The summed E-state index contributed by atoms with van der Waals surface area (Å²) in [5, 5.41) is 2.84. The first-order valence-corrected chi connectivity index (χ1v) is 15.6. The lowest BCUT2D eigenvalue weighted by Crippen LogP contribution is -2.34. The molecular weight excluding hydrogens is 676 g/mol. The van der Waals surface area contributed by atoms with Crippen LogP contribution in [0.1, 0.15) is 42.0 Å². The Bertz CT molecular complexity index is 1730. The number of alkyl halides is 4. The highest BCUT2D eigenvalue weighted by Crippen LogP contribution is 2.52. The molecule has 0 saturated heterocycles. The molecular formula is C33H27BrF4N2O4S. The van der Waals surface area contributed by atoms with Crippen molar-refractivity contribution < 1.29 is 36.5 Å². The van der Waals surface area contributed by atoms with Crippen LogP contribution in [0.3, 0.4) is 0 Å². The van der Waals surface area contributed by atoms with Gasteiger partial charge in [-0.2, -0.15) is 17.6 Å². The molecule has 0 aromatic heterocycles. The Morgan fingerprint density at radius 2 is 1.53 bits per heavy atom. The molecule has 3 aromatic carbocycles. The molecule has 6 rings (SSSR count). The number of aliphatic imine (C=N–C) groups is 1. The number of ether oxygens (including phenoxy) is 4. The molecule has 12 heteroatoms. The standard InChI is InChI=1S/C33H27BrF4N2O4S/c1-41-27-15-18(6-12-25(27)43-31(35)36)14-20-4-3-5-23-29(20)39-33-40(24(17-45-33)19-7-10-22(34)11-8-19)30(23)21-9-13-26(44-32(37)38)28(16-21)42-2/h6-17,30-32H,3-5H2,1-2H3. The second kappa shape index (κ2) is 13.2. The second-order valence-electron chi connectivity index (χ2n) is 10.3. The van der Waals surface area contributed by atoms with Gasteiger partial charge in [-0.05, 0) is 89.6 Å². The van der Waals surface area contributed by atoms with E-state index in [-0.39, 0.29) is 29.0 Å². The summed E-state index contributed by atoms with van der Waals surface area (Å²) >= 11 is 5.02. The number of rotatable bonds is 9. The SMILES string of the molecule is COc1cc(C=C2CCCC3=C2N=C2SC=C(c4ccc(Br)cc4)N2C3c2ccc(OC(F)F)c(OC)c2)ccc1OC(F)F. The zero-order valence-corrected chi connectivity index (χ0v) is 26.5. The number of nitrogens with zero attached hydrogens (tertiary/aromatic N) is 2. The lowest BCUT2D eigenvalue weighted by Gasteiger charge is -2.40. The summed E-state index contributed by atoms with van der Waals surface area (Å²) < 4.78 is 73.1. The fourth-order valence-electron chi connectivity index (χ4n) is 5.76. The zero-order chi connectivity index (χ0) is 31.7. The predicted octanol–water partition coefficient (Wildman–Crippen LogP) is 9.65. The zero-order valence-electron chi connectivity index (χ0n) is 24.1. The van der Waals surface area contributed by atoms with Gasteiger partial charge < -0.3 is 23.8 Å². The number of hydrogen-bond donors (Lipinski definition) is 0. The average molecular weight is 704 g/mol. The number of allylic oxidation sites excluding steroid dienone is 1. The Morgan fingerprint density at radius 3 is 2.20 bits per heavy atom. The van der Waals surface area contributed by atoms with Crippen LogP contribution < -0.4 is 18.9 Å². The Balaban J connectivity index is 1.46. The minimum atomic E-state index is -2.99. The van der Waals surface area contributed by atoms with Gasteiger partial charge in [0.15, 0.2) is 28.2 Å². The maximum atomic E-state index is 13.1. The largest absolute Gasteiger partial charge is 0.493 e. The van der Waals surface area contributed by atoms with Crippen molar-refractivity contribution in [2.75, 3.05) is 14.2 Å². The molecule has 1 aliphatic carbocycles. The molecule has 1 unspecified atom stereocenters. The smallest absolute Gasteiger partial charge is 0.387 e. The Hall–Kier alpha value is -3.90. The van der Waals surface area contributed by atoms with Gasteiger partial charge in [-0.1, -0.05) is 52.0 Å². The van der Waals surface area contributed by atoms with Crippen LogP contribution in [0.25, 0.3) is 11.8 Å². The van der Waals surface area contributed by atoms with Crippen molar-refractivity contribution in [3.05, 3.63) is 104 Å². The first-order chi connectivity index (χ1) is 21.7. The molecule has 234 valence electrons. The third kappa shape index (κ3) is 6.44. The fourth-order valence-corrected chi connectivity index (χ4v) is 6.96. The van der Waals surface area contributed by atoms with E-state index < -0.39 is 13.2 Å². The minimum Gasteiger partial charge on any atom is -0.493 e. The number of hydrogen-bond acceptors (Lipinski definition) is 7. The summed E-state index contributed by atoms with van der Waals surface area (Å²) in [6.07, 6.45) is 4.34. The van der Waals surface area contributed by atoms with Crippen molar-refractivity contribution in [3.63, 3.8) is 0 Å². The molecule has 0 saturated carbocycles. The van der Waals surface area contributed by atoms with Crippen LogP contribution in [0.5, 0.6) is 23.0 Å². The number of halogens is 5. The van der Waals surface area contributed by atoms with E-state index >= 15 is 0 Å². The Morgan fingerprint density at radius 1 is 0.867 bits per heavy atom. The number of fused-ring (bicyclic) bond motifs is 1. The molecule has 0 amide bonds. The molecule has 0 N–H and O–H groups in total. The van der Waals surface area contributed by atoms with Crippen molar-refractivity contribution >= 4 is 44.6 Å². The third-order valence-electron chi connectivity index (χ3n) is 7.64. The van der Waals surface area contributed by atoms with Crippen molar-refractivity contribution in [3.8, 4) is 23.0 Å². The van der Waals surface area contributed by atoms with Crippen molar-refractivity contribution in [1.29, 1.82) is 0 Å². The molecule has 3 aliphatic rings. The van der Waals surface area contributed by atoms with Crippen molar-refractivity contribution in [2.45, 2.75) is 38.5 Å². The van der Waals surface area contributed by atoms with Gasteiger partial charge >= 0.3 is 13.2 Å². The highest BCUT2D eigenvalue weighted by molar-refractivity contribution is 9.10. The van der Waals surface area contributed by atoms with Crippen LogP contribution in [-0.4, -0.2) is 37.5 Å². The third-order valence-corrected chi connectivity index (χ3v) is 9.01. The van der Waals surface area contributed by atoms with Crippen LogP contribution in [0.4, 0.5) is 17.6 Å². The number of benzene rings is 3. The Labute approximate surface area is 270 Å². The van der Waals surface area contributed by atoms with Crippen LogP contribution in [0, 0.1) is 0 Å². The summed E-state index contributed by atoms with van der Waals surface area (Å²) in [4.78, 5) is 7.33. The van der Waals surface area contributed by atoms with Crippen molar-refractivity contribution in [2.24, 2.45) is 4.99 Å². The average Bonchev–Trinajstić information content (AvgIpc) is 3.44. The number of amidine groups is 1. The summed E-state index contributed by atoms with van der Waals surface area (Å²) in [7, 11) is 2.82. The summed E-state index contributed by atoms with van der Waals surface area (Å²) in [6, 6.07) is 17.5. The van der Waals surface area contributed by atoms with Crippen LogP contribution in [0.15, 0.2) is 92.4 Å². The van der Waals surface area contributed by atoms with Gasteiger partial charge in [-0.25, -0.2) is 4.99 Å². The summed E-state index contributed by atoms with van der Waals surface area (Å²) in [5.74, 6) is 0.298. The van der Waals surface area contributed by atoms with E-state index in [0.717, 1.165) is 68.1 Å². The van der Waals surface area contributed by atoms with Crippen molar-refractivity contribution in [1.82, 2.24) is 4.90 Å². The molecule has 3 aromatic rings. The van der Waals surface area contributed by atoms with Gasteiger partial charge in [-0.3, -0.25) is 0 Å². The molecule has 0 bridgehead atoms. The molecule has 0 radical (unpaired) electrons. The topological polar surface area (TPSA) is 52.5 Å². The van der Waals surface area contributed by atoms with E-state index in [2.05, 4.69) is 31.0 Å². The highest BCUT2D eigenvalue weighted by atomic mass is 79.9. The molecule has 45 heavy (non-hydrogen) atoms. The maximum Gasteiger partial charge on any atom is 0.387 e. The number of methoxy groups -OCH3 is 2. The summed E-state index contributed by atoms with van der Waals surface area (Å²) in [5.41, 5.74) is 6.43. The molecule has 2 heterocycles. The van der Waals surface area contributed by atoms with E-state index in [4.69, 9.17) is 19.2 Å². The van der Waals surface area contributed by atoms with Gasteiger partial charge in [0.1, 0.15) is 0 Å². The van der Waals surface area contributed by atoms with E-state index in [1.807, 2.05) is 30.3 Å². The number of thioether (sulfide) groups is 1. The molecule has 1 atom stereocenters. The fraction of sp³-hybridized carbons (Fsp3) is 0.242. The van der Waals surface area contributed by atoms with E-state index in [9.17, 15) is 17.6 Å². The van der Waals surface area contributed by atoms with Gasteiger partial charge in [0, 0.05) is 9.88 Å². The molecule has 0 fully saturated rings. The highest BCUT2D eigenvalue weighted by Gasteiger charge is 2.40. The van der Waals surface area contributed by atoms with Gasteiger partial charge in [0.2, 0.25) is 0 Å². The van der Waals surface area contributed by atoms with E-state index in [0.29, 0.717) is 0 Å². The van der Waals surface area contributed by atoms with E-state index in [1.54, 1.807) is 24.3 Å². The molecule has 0 spiro atoms. The minimum absolute atomic E-state index is 0.0473. The lowest BCUT2D eigenvalue weighted by molar-refractivity contribution is -0.0518. The quantitative estimate of drug-likeness (QED) is 0.207. The predicted molar refractivity (Wildman–Crippen MR) is 170 cm³/mol. The maximum absolute atomic E-state index is 13.1. The second-order valence-corrected chi connectivity index (χ2v) is 12.0. The molecule has 6 nitrogen and oxygen atoms in total. The normalized spacial score (nSPS) is 18.6. The van der Waals surface area contributed by atoms with Crippen LogP contribution >= 0.6 is 27.7 Å².